The van der Waals surface area contributed by atoms with Gasteiger partial charge in [-0.05, 0) is 35.4 Å². The smallest absolute Gasteiger partial charge is 0.273 e. The molecule has 1 N–H and O–H groups in total. The molecule has 0 radical (unpaired) electrons. The normalized spacial score (nSPS) is 11.3. The number of thioether (sulfide) groups is 1. The van der Waals surface area contributed by atoms with E-state index in [0.29, 0.717) is 28.7 Å². The van der Waals surface area contributed by atoms with E-state index in [1.807, 2.05) is 64.4 Å². The molecule has 0 saturated carbocycles. The minimum atomic E-state index is -0.0820. The van der Waals surface area contributed by atoms with Gasteiger partial charge >= 0.3 is 0 Å². The number of nitrogens with zero attached hydrogens (tertiary/aromatic N) is 4. The molecule has 0 bridgehead atoms. The first-order valence-corrected chi connectivity index (χ1v) is 12.9. The Labute approximate surface area is 204 Å². The molecule has 7 nitrogen and oxygen atoms in total. The van der Waals surface area contributed by atoms with Gasteiger partial charge in [0.1, 0.15) is 4.70 Å². The van der Waals surface area contributed by atoms with Crippen molar-refractivity contribution in [2.45, 2.75) is 24.5 Å². The lowest BCUT2D eigenvalue weighted by molar-refractivity contribution is -0.118. The number of aromatic nitrogens is 4. The number of hydrogen-bond donors (Lipinski definition) is 1. The fraction of sp³-hybridized carbons (Fsp3) is 0.200. The summed E-state index contributed by atoms with van der Waals surface area (Å²) < 4.78 is 4.17. The van der Waals surface area contributed by atoms with Crippen molar-refractivity contribution in [3.63, 3.8) is 0 Å². The van der Waals surface area contributed by atoms with Crippen molar-refractivity contribution < 1.29 is 4.79 Å². The number of carbonyl (C=O) groups is 1. The number of rotatable bonds is 9. The van der Waals surface area contributed by atoms with Crippen LogP contribution >= 0.6 is 23.1 Å². The van der Waals surface area contributed by atoms with Crippen LogP contribution in [0.5, 0.6) is 0 Å². The third kappa shape index (κ3) is 4.76. The largest absolute Gasteiger partial charge is 0.355 e. The molecule has 0 aliphatic heterocycles. The van der Waals surface area contributed by atoms with Crippen LogP contribution in [0.4, 0.5) is 0 Å². The highest BCUT2D eigenvalue weighted by Gasteiger charge is 2.18. The number of amides is 1. The van der Waals surface area contributed by atoms with Crippen molar-refractivity contribution in [1.82, 2.24) is 24.5 Å². The van der Waals surface area contributed by atoms with E-state index >= 15 is 0 Å². The van der Waals surface area contributed by atoms with Crippen molar-refractivity contribution in [3.8, 4) is 0 Å². The fourth-order valence-electron chi connectivity index (χ4n) is 3.85. The maximum absolute atomic E-state index is 13.2. The molecule has 34 heavy (non-hydrogen) atoms. The van der Waals surface area contributed by atoms with E-state index < -0.39 is 0 Å². The maximum Gasteiger partial charge on any atom is 0.273 e. The van der Waals surface area contributed by atoms with Crippen LogP contribution in [0, 0.1) is 0 Å². The van der Waals surface area contributed by atoms with Gasteiger partial charge in [-0.3, -0.25) is 18.6 Å². The molecule has 0 spiro atoms. The van der Waals surface area contributed by atoms with Crippen LogP contribution in [0.1, 0.15) is 17.5 Å². The summed E-state index contributed by atoms with van der Waals surface area (Å²) in [7, 11) is 0. The molecule has 0 aliphatic rings. The van der Waals surface area contributed by atoms with E-state index in [1.54, 1.807) is 4.57 Å². The Bertz CT molecular complexity index is 1480. The van der Waals surface area contributed by atoms with Crippen molar-refractivity contribution >= 4 is 45.0 Å². The predicted octanol–water partition coefficient (Wildman–Crippen LogP) is 4.00. The van der Waals surface area contributed by atoms with E-state index in [-0.39, 0.29) is 17.2 Å². The number of carbonyl (C=O) groups excluding carboxylic acids is 1. The third-order valence-electron chi connectivity index (χ3n) is 5.51. The summed E-state index contributed by atoms with van der Waals surface area (Å²) in [6.07, 6.45) is 1.81. The second kappa shape index (κ2) is 10.2. The summed E-state index contributed by atoms with van der Waals surface area (Å²) in [5.41, 5.74) is 2.96. The third-order valence-corrected chi connectivity index (χ3v) is 7.33. The predicted molar refractivity (Wildman–Crippen MR) is 137 cm³/mol. The van der Waals surface area contributed by atoms with E-state index in [1.165, 1.54) is 28.7 Å². The van der Waals surface area contributed by atoms with Crippen LogP contribution in [0.3, 0.4) is 0 Å². The van der Waals surface area contributed by atoms with Crippen molar-refractivity contribution in [1.29, 1.82) is 0 Å². The standard InChI is InChI=1S/C25H23N5O2S2/c31-21(26-14-7-12-18-8-3-1-4-9-18)17-34-25-28-27-24-29(16-19-10-5-2-6-11-19)23(32)22-20(30(24)25)13-15-33-22/h1-6,8-11,13,15H,7,12,14,16-17H2,(H,26,31). The summed E-state index contributed by atoms with van der Waals surface area (Å²) in [5, 5.41) is 14.1. The Hall–Kier alpha value is -3.43. The molecule has 0 unspecified atom stereocenters. The molecule has 3 aromatic heterocycles. The van der Waals surface area contributed by atoms with E-state index in [4.69, 9.17) is 0 Å². The van der Waals surface area contributed by atoms with Gasteiger partial charge in [-0.2, -0.15) is 0 Å². The molecule has 5 aromatic rings. The monoisotopic (exact) mass is 489 g/mol. The highest BCUT2D eigenvalue weighted by Crippen LogP contribution is 2.24. The van der Waals surface area contributed by atoms with Crippen molar-refractivity contribution in [2.75, 3.05) is 12.3 Å². The van der Waals surface area contributed by atoms with E-state index in [9.17, 15) is 9.59 Å². The van der Waals surface area contributed by atoms with Gasteiger partial charge in [-0.15, -0.1) is 21.5 Å². The maximum atomic E-state index is 13.2. The minimum absolute atomic E-state index is 0.0472. The van der Waals surface area contributed by atoms with Gasteiger partial charge in [0.25, 0.3) is 5.56 Å². The average molecular weight is 490 g/mol. The number of nitrogens with one attached hydrogen (secondary N) is 1. The summed E-state index contributed by atoms with van der Waals surface area (Å²) >= 11 is 2.73. The Morgan fingerprint density at radius 2 is 1.71 bits per heavy atom. The van der Waals surface area contributed by atoms with E-state index in [2.05, 4.69) is 27.6 Å². The molecule has 9 heteroatoms. The SMILES string of the molecule is O=C(CSc1nnc2n(Cc3ccccc3)c(=O)c3sccc3n12)NCCCc1ccccc1. The molecule has 0 saturated heterocycles. The molecular formula is C25H23N5O2S2. The first-order chi connectivity index (χ1) is 16.7. The van der Waals surface area contributed by atoms with Crippen LogP contribution in [0.25, 0.3) is 16.0 Å². The highest BCUT2D eigenvalue weighted by molar-refractivity contribution is 7.99. The van der Waals surface area contributed by atoms with Gasteiger partial charge < -0.3 is 5.32 Å². The highest BCUT2D eigenvalue weighted by atomic mass is 32.2. The zero-order valence-corrected chi connectivity index (χ0v) is 20.0. The Balaban J connectivity index is 1.30. The van der Waals surface area contributed by atoms with Gasteiger partial charge in [-0.25, -0.2) is 0 Å². The Kier molecular flexibility index (Phi) is 6.73. The van der Waals surface area contributed by atoms with Crippen LogP contribution in [-0.4, -0.2) is 37.4 Å². The van der Waals surface area contributed by atoms with Crippen molar-refractivity contribution in [3.05, 3.63) is 93.6 Å². The molecule has 3 heterocycles. The first-order valence-electron chi connectivity index (χ1n) is 11.0. The van der Waals surface area contributed by atoms with E-state index in [0.717, 1.165) is 23.9 Å². The summed E-state index contributed by atoms with van der Waals surface area (Å²) in [4.78, 5) is 25.6. The second-order valence-electron chi connectivity index (χ2n) is 7.86. The lowest BCUT2D eigenvalue weighted by Crippen LogP contribution is -2.26. The minimum Gasteiger partial charge on any atom is -0.355 e. The summed E-state index contributed by atoms with van der Waals surface area (Å²) in [5.74, 6) is 0.662. The molecule has 5 rings (SSSR count). The van der Waals surface area contributed by atoms with Gasteiger partial charge in [0.05, 0.1) is 17.8 Å². The molecule has 1 amide bonds. The van der Waals surface area contributed by atoms with Gasteiger partial charge in [0.15, 0.2) is 5.16 Å². The lowest BCUT2D eigenvalue weighted by Gasteiger charge is -2.09. The van der Waals surface area contributed by atoms with Gasteiger partial charge in [-0.1, -0.05) is 72.4 Å². The van der Waals surface area contributed by atoms with Crippen LogP contribution in [0.2, 0.25) is 0 Å². The first kappa shape index (κ1) is 22.4. The van der Waals surface area contributed by atoms with Crippen LogP contribution in [0.15, 0.2) is 82.1 Å². The molecular weight excluding hydrogens is 466 g/mol. The van der Waals surface area contributed by atoms with Crippen molar-refractivity contribution in [2.24, 2.45) is 0 Å². The van der Waals surface area contributed by atoms with Gasteiger partial charge in [0, 0.05) is 6.54 Å². The Morgan fingerprint density at radius 3 is 2.47 bits per heavy atom. The topological polar surface area (TPSA) is 81.3 Å². The second-order valence-corrected chi connectivity index (χ2v) is 9.72. The fourth-order valence-corrected chi connectivity index (χ4v) is 5.44. The van der Waals surface area contributed by atoms with Gasteiger partial charge in [0.2, 0.25) is 11.7 Å². The molecule has 2 aromatic carbocycles. The molecule has 172 valence electrons. The van der Waals surface area contributed by atoms with Crippen LogP contribution in [-0.2, 0) is 17.8 Å². The lowest BCUT2D eigenvalue weighted by atomic mass is 10.1. The number of hydrogen-bond acceptors (Lipinski definition) is 6. The molecule has 0 fully saturated rings. The zero-order valence-electron chi connectivity index (χ0n) is 18.4. The van der Waals surface area contributed by atoms with Crippen LogP contribution < -0.4 is 10.9 Å². The summed E-state index contributed by atoms with van der Waals surface area (Å²) in [6, 6.07) is 21.9. The molecule has 0 atom stereocenters. The number of aryl methyl sites for hydroxylation is 1. The summed E-state index contributed by atoms with van der Waals surface area (Å²) in [6.45, 7) is 1.03. The molecule has 0 aliphatic carbocycles. The average Bonchev–Trinajstić information content (AvgIpc) is 3.52. The zero-order chi connectivity index (χ0) is 23.3. The Morgan fingerprint density at radius 1 is 0.971 bits per heavy atom. The number of benzene rings is 2. The number of fused-ring (bicyclic) bond motifs is 3. The quantitative estimate of drug-likeness (QED) is 0.250. The number of thiophene rings is 1.